The second-order valence-corrected chi connectivity index (χ2v) is 6.11. The highest BCUT2D eigenvalue weighted by Gasteiger charge is 2.20. The van der Waals surface area contributed by atoms with E-state index in [9.17, 15) is 0 Å². The van der Waals surface area contributed by atoms with Gasteiger partial charge in [0.2, 0.25) is 0 Å². The number of rotatable bonds is 2. The van der Waals surface area contributed by atoms with Crippen LogP contribution in [0.5, 0.6) is 0 Å². The topological polar surface area (TPSA) is 21.1 Å². The van der Waals surface area contributed by atoms with Crippen LogP contribution in [0.3, 0.4) is 0 Å². The first-order chi connectivity index (χ1) is 7.58. The third-order valence-corrected chi connectivity index (χ3v) is 4.32. The van der Waals surface area contributed by atoms with Gasteiger partial charge in [-0.25, -0.2) is 0 Å². The summed E-state index contributed by atoms with van der Waals surface area (Å²) in [7, 11) is 1.89. The molecule has 0 N–H and O–H groups in total. The van der Waals surface area contributed by atoms with Gasteiger partial charge < -0.3 is 0 Å². The number of hydrogen-bond acceptors (Lipinski definition) is 2. The highest BCUT2D eigenvalue weighted by Crippen LogP contribution is 2.24. The van der Waals surface area contributed by atoms with Gasteiger partial charge in [-0.2, -0.15) is 5.10 Å². The smallest absolute Gasteiger partial charge is 0.131 e. The number of alkyl halides is 1. The second kappa shape index (κ2) is 5.07. The fraction of sp³-hybridized carbons (Fsp3) is 0.727. The standard InChI is InChI=1S/C11H17BrClN3/c1-8-10(11(13)15(2)14-8)7-16-5-3-4-9(12)6-16/h9H,3-7H2,1-2H3. The molecule has 0 aromatic carbocycles. The summed E-state index contributed by atoms with van der Waals surface area (Å²) < 4.78 is 1.75. The molecule has 2 rings (SSSR count). The van der Waals surface area contributed by atoms with Crippen molar-refractivity contribution in [3.05, 3.63) is 16.4 Å². The van der Waals surface area contributed by atoms with Gasteiger partial charge in [-0.3, -0.25) is 9.58 Å². The van der Waals surface area contributed by atoms with E-state index in [0.29, 0.717) is 4.83 Å². The van der Waals surface area contributed by atoms with Gasteiger partial charge in [-0.15, -0.1) is 0 Å². The number of aryl methyl sites for hydroxylation is 2. The Morgan fingerprint density at radius 1 is 1.56 bits per heavy atom. The van der Waals surface area contributed by atoms with E-state index in [2.05, 4.69) is 25.9 Å². The van der Waals surface area contributed by atoms with Crippen LogP contribution in [0.4, 0.5) is 0 Å². The maximum atomic E-state index is 6.23. The van der Waals surface area contributed by atoms with Crippen molar-refractivity contribution < 1.29 is 0 Å². The molecule has 1 atom stereocenters. The molecule has 0 bridgehead atoms. The summed E-state index contributed by atoms with van der Waals surface area (Å²) >= 11 is 9.92. The Balaban J connectivity index is 2.08. The molecule has 0 amide bonds. The molecule has 1 unspecified atom stereocenters. The van der Waals surface area contributed by atoms with Crippen LogP contribution in [0.1, 0.15) is 24.1 Å². The molecular formula is C11H17BrClN3. The molecule has 1 aromatic rings. The van der Waals surface area contributed by atoms with Crippen molar-refractivity contribution in [1.29, 1.82) is 0 Å². The molecule has 3 nitrogen and oxygen atoms in total. The van der Waals surface area contributed by atoms with E-state index in [4.69, 9.17) is 11.6 Å². The lowest BCUT2D eigenvalue weighted by molar-refractivity contribution is 0.227. The summed E-state index contributed by atoms with van der Waals surface area (Å²) in [5.41, 5.74) is 2.22. The number of nitrogens with zero attached hydrogens (tertiary/aromatic N) is 3. The van der Waals surface area contributed by atoms with Gasteiger partial charge >= 0.3 is 0 Å². The van der Waals surface area contributed by atoms with Gasteiger partial charge in [0.25, 0.3) is 0 Å². The SMILES string of the molecule is Cc1nn(C)c(Cl)c1CN1CCCC(Br)C1. The first-order valence-corrected chi connectivity index (χ1v) is 6.91. The Kier molecular flexibility index (Phi) is 3.93. The van der Waals surface area contributed by atoms with Crippen molar-refractivity contribution in [2.75, 3.05) is 13.1 Å². The predicted molar refractivity (Wildman–Crippen MR) is 70.2 cm³/mol. The van der Waals surface area contributed by atoms with Crippen molar-refractivity contribution in [2.24, 2.45) is 7.05 Å². The molecule has 5 heteroatoms. The van der Waals surface area contributed by atoms with Crippen molar-refractivity contribution in [3.63, 3.8) is 0 Å². The lowest BCUT2D eigenvalue weighted by Gasteiger charge is -2.29. The molecule has 0 saturated carbocycles. The molecule has 2 heterocycles. The maximum absolute atomic E-state index is 6.23. The number of hydrogen-bond donors (Lipinski definition) is 0. The molecule has 1 aliphatic heterocycles. The van der Waals surface area contributed by atoms with Crippen LogP contribution in [0.15, 0.2) is 0 Å². The van der Waals surface area contributed by atoms with Gasteiger partial charge in [0.05, 0.1) is 5.69 Å². The number of aromatic nitrogens is 2. The molecule has 0 aliphatic carbocycles. The lowest BCUT2D eigenvalue weighted by atomic mass is 10.1. The van der Waals surface area contributed by atoms with Crippen LogP contribution < -0.4 is 0 Å². The summed E-state index contributed by atoms with van der Waals surface area (Å²) in [6.07, 6.45) is 2.53. The Hall–Kier alpha value is -0.0600. The quantitative estimate of drug-likeness (QED) is 0.784. The minimum atomic E-state index is 0.622. The van der Waals surface area contributed by atoms with E-state index in [1.54, 1.807) is 4.68 Å². The lowest BCUT2D eigenvalue weighted by Crippen LogP contribution is -2.35. The van der Waals surface area contributed by atoms with E-state index in [1.165, 1.54) is 18.4 Å². The van der Waals surface area contributed by atoms with Crippen LogP contribution in [0.2, 0.25) is 5.15 Å². The minimum absolute atomic E-state index is 0.622. The average Bonchev–Trinajstić information content (AvgIpc) is 2.45. The maximum Gasteiger partial charge on any atom is 0.131 e. The second-order valence-electron chi connectivity index (χ2n) is 4.45. The Bertz CT molecular complexity index is 378. The zero-order valence-electron chi connectivity index (χ0n) is 9.71. The molecule has 0 spiro atoms. The molecule has 16 heavy (non-hydrogen) atoms. The highest BCUT2D eigenvalue weighted by atomic mass is 79.9. The summed E-state index contributed by atoms with van der Waals surface area (Å²) in [5, 5.41) is 5.11. The molecule has 1 aliphatic rings. The van der Waals surface area contributed by atoms with E-state index < -0.39 is 0 Å². The highest BCUT2D eigenvalue weighted by molar-refractivity contribution is 9.09. The van der Waals surface area contributed by atoms with Crippen LogP contribution in [-0.4, -0.2) is 32.6 Å². The molecule has 1 fully saturated rings. The molecule has 90 valence electrons. The minimum Gasteiger partial charge on any atom is -0.298 e. The molecule has 0 radical (unpaired) electrons. The molecule has 1 saturated heterocycles. The number of piperidine rings is 1. The zero-order chi connectivity index (χ0) is 11.7. The van der Waals surface area contributed by atoms with Gasteiger partial charge in [0.1, 0.15) is 5.15 Å². The summed E-state index contributed by atoms with van der Waals surface area (Å²) in [6.45, 7) is 5.20. The Labute approximate surface area is 110 Å². The van der Waals surface area contributed by atoms with Crippen molar-refractivity contribution >= 4 is 27.5 Å². The molecule has 1 aromatic heterocycles. The van der Waals surface area contributed by atoms with E-state index in [0.717, 1.165) is 30.5 Å². The summed E-state index contributed by atoms with van der Waals surface area (Å²) in [4.78, 5) is 3.07. The van der Waals surface area contributed by atoms with Crippen LogP contribution in [0, 0.1) is 6.92 Å². The van der Waals surface area contributed by atoms with Gasteiger partial charge in [-0.05, 0) is 26.3 Å². The number of halogens is 2. The zero-order valence-corrected chi connectivity index (χ0v) is 12.1. The summed E-state index contributed by atoms with van der Waals surface area (Å²) in [6, 6.07) is 0. The fourth-order valence-corrected chi connectivity index (χ4v) is 3.19. The van der Waals surface area contributed by atoms with Crippen molar-refractivity contribution in [3.8, 4) is 0 Å². The third kappa shape index (κ3) is 2.60. The van der Waals surface area contributed by atoms with Gasteiger partial charge in [0.15, 0.2) is 0 Å². The van der Waals surface area contributed by atoms with E-state index in [-0.39, 0.29) is 0 Å². The van der Waals surface area contributed by atoms with E-state index in [1.807, 2.05) is 14.0 Å². The Morgan fingerprint density at radius 3 is 2.88 bits per heavy atom. The van der Waals surface area contributed by atoms with Crippen LogP contribution in [-0.2, 0) is 13.6 Å². The predicted octanol–water partition coefficient (Wildman–Crippen LogP) is 2.74. The fourth-order valence-electron chi connectivity index (χ4n) is 2.22. The third-order valence-electron chi connectivity index (χ3n) is 3.10. The van der Waals surface area contributed by atoms with Gasteiger partial charge in [0, 0.05) is 30.5 Å². The summed E-state index contributed by atoms with van der Waals surface area (Å²) in [5.74, 6) is 0. The van der Waals surface area contributed by atoms with Crippen LogP contribution >= 0.6 is 27.5 Å². The normalized spacial score (nSPS) is 22.6. The average molecular weight is 307 g/mol. The Morgan fingerprint density at radius 2 is 2.31 bits per heavy atom. The van der Waals surface area contributed by atoms with E-state index >= 15 is 0 Å². The van der Waals surface area contributed by atoms with Crippen molar-refractivity contribution in [1.82, 2.24) is 14.7 Å². The van der Waals surface area contributed by atoms with Crippen LogP contribution in [0.25, 0.3) is 0 Å². The first-order valence-electron chi connectivity index (χ1n) is 5.62. The van der Waals surface area contributed by atoms with Crippen molar-refractivity contribution in [2.45, 2.75) is 31.1 Å². The monoisotopic (exact) mass is 305 g/mol. The number of likely N-dealkylation sites (tertiary alicyclic amines) is 1. The van der Waals surface area contributed by atoms with Gasteiger partial charge in [-0.1, -0.05) is 27.5 Å². The molecular weight excluding hydrogens is 289 g/mol. The largest absolute Gasteiger partial charge is 0.298 e. The first kappa shape index (κ1) is 12.4.